The van der Waals surface area contributed by atoms with Gasteiger partial charge in [0.1, 0.15) is 34.3 Å². The quantitative estimate of drug-likeness (QED) is 0.328. The molecule has 0 radical (unpaired) electrons. The van der Waals surface area contributed by atoms with Gasteiger partial charge < -0.3 is 20.6 Å². The number of carbonyl (C=O) groups is 1. The molecule has 3 aromatic heterocycles. The molecule has 9 nitrogen and oxygen atoms in total. The van der Waals surface area contributed by atoms with Crippen molar-refractivity contribution in [2.75, 3.05) is 11.1 Å². The summed E-state index contributed by atoms with van der Waals surface area (Å²) < 4.78 is 15.5. The first-order valence-electron chi connectivity index (χ1n) is 11.3. The van der Waals surface area contributed by atoms with Crippen LogP contribution in [0.2, 0.25) is 5.02 Å². The maximum atomic E-state index is 13.8. The minimum absolute atomic E-state index is 0.0921. The van der Waals surface area contributed by atoms with Gasteiger partial charge in [0.25, 0.3) is 0 Å². The van der Waals surface area contributed by atoms with Crippen molar-refractivity contribution in [3.8, 4) is 17.3 Å². The zero-order chi connectivity index (χ0) is 25.9. The van der Waals surface area contributed by atoms with E-state index in [0.717, 1.165) is 5.56 Å². The van der Waals surface area contributed by atoms with Gasteiger partial charge >= 0.3 is 0 Å². The number of nitrogens with two attached hydrogens (primary N) is 1. The molecule has 1 amide bonds. The molecule has 4 N–H and O–H groups in total. The lowest BCUT2D eigenvalue weighted by Gasteiger charge is -2.23. The number of benzene rings is 2. The number of halogens is 2. The molecule has 11 heteroatoms. The number of anilines is 2. The number of imidazole rings is 1. The summed E-state index contributed by atoms with van der Waals surface area (Å²) in [6.45, 7) is 1.68. The maximum Gasteiger partial charge on any atom is 0.240 e. The maximum absolute atomic E-state index is 13.8. The second-order valence-corrected chi connectivity index (χ2v) is 9.35. The topological polar surface area (TPSA) is 131 Å². The fraction of sp³-hybridized carbons (Fsp3) is 0.115. The molecular weight excluding hydrogens is 497 g/mol. The number of aromatic hydroxyl groups is 1. The molecule has 37 heavy (non-hydrogen) atoms. The first-order valence-corrected chi connectivity index (χ1v) is 11.7. The summed E-state index contributed by atoms with van der Waals surface area (Å²) in [5.74, 6) is -0.307. The third kappa shape index (κ3) is 3.64. The van der Waals surface area contributed by atoms with Crippen LogP contribution in [-0.4, -0.2) is 35.4 Å². The van der Waals surface area contributed by atoms with Crippen LogP contribution in [-0.2, 0) is 16.6 Å². The molecule has 0 saturated heterocycles. The van der Waals surface area contributed by atoms with E-state index >= 15 is 0 Å². The fourth-order valence-electron chi connectivity index (χ4n) is 4.68. The highest BCUT2D eigenvalue weighted by Crippen LogP contribution is 2.46. The van der Waals surface area contributed by atoms with Crippen LogP contribution in [0.1, 0.15) is 29.3 Å². The number of hydrogen-bond donors (Lipinski definition) is 3. The number of nitrogen functional groups attached to an aromatic ring is 1. The largest absolute Gasteiger partial charge is 0.506 e. The summed E-state index contributed by atoms with van der Waals surface area (Å²) in [6.07, 6.45) is 5.45. The zero-order valence-electron chi connectivity index (χ0n) is 19.4. The van der Waals surface area contributed by atoms with Crippen LogP contribution in [0.4, 0.5) is 16.0 Å². The number of phenolic OH excluding ortho intramolecular Hbond substituents is 1. The van der Waals surface area contributed by atoms with Gasteiger partial charge in [-0.25, -0.2) is 24.3 Å². The van der Waals surface area contributed by atoms with Gasteiger partial charge in [-0.1, -0.05) is 29.8 Å². The van der Waals surface area contributed by atoms with Gasteiger partial charge in [-0.05, 0) is 42.3 Å². The Morgan fingerprint density at radius 1 is 1.19 bits per heavy atom. The van der Waals surface area contributed by atoms with Gasteiger partial charge in [0.05, 0.1) is 16.3 Å². The highest BCUT2D eigenvalue weighted by atomic mass is 35.5. The van der Waals surface area contributed by atoms with Crippen molar-refractivity contribution in [1.82, 2.24) is 24.3 Å². The molecule has 1 aliphatic rings. The summed E-state index contributed by atoms with van der Waals surface area (Å²) in [5.41, 5.74) is 8.39. The normalized spacial score (nSPS) is 16.7. The second kappa shape index (κ2) is 8.24. The monoisotopic (exact) mass is 515 g/mol. The van der Waals surface area contributed by atoms with E-state index in [1.165, 1.54) is 24.3 Å². The Hall–Kier alpha value is -4.57. The number of nitrogens with zero attached hydrogens (tertiary/aromatic N) is 5. The molecule has 0 spiro atoms. The van der Waals surface area contributed by atoms with Crippen LogP contribution in [0, 0.1) is 5.82 Å². The van der Waals surface area contributed by atoms with Crippen LogP contribution in [0.25, 0.3) is 17.2 Å². The van der Waals surface area contributed by atoms with Crippen LogP contribution >= 0.6 is 11.6 Å². The van der Waals surface area contributed by atoms with Crippen molar-refractivity contribution in [2.45, 2.75) is 18.8 Å². The summed E-state index contributed by atoms with van der Waals surface area (Å²) in [4.78, 5) is 31.3. The smallest absolute Gasteiger partial charge is 0.240 e. The van der Waals surface area contributed by atoms with Crippen LogP contribution in [0.3, 0.4) is 0 Å². The van der Waals surface area contributed by atoms with Crippen LogP contribution in [0.15, 0.2) is 61.1 Å². The van der Waals surface area contributed by atoms with E-state index in [1.54, 1.807) is 42.0 Å². The minimum atomic E-state index is -1.25. The van der Waals surface area contributed by atoms with E-state index in [0.29, 0.717) is 34.6 Å². The van der Waals surface area contributed by atoms with E-state index in [-0.39, 0.29) is 40.0 Å². The average Bonchev–Trinajstić information content (AvgIpc) is 3.44. The Balaban J connectivity index is 1.46. The summed E-state index contributed by atoms with van der Waals surface area (Å²) in [7, 11) is 0. The van der Waals surface area contributed by atoms with Gasteiger partial charge in [0.15, 0.2) is 11.5 Å². The molecule has 1 atom stereocenters. The molecule has 6 rings (SSSR count). The van der Waals surface area contributed by atoms with Gasteiger partial charge in [-0.3, -0.25) is 4.79 Å². The first-order chi connectivity index (χ1) is 17.7. The number of carbonyl (C=O) groups excluding carboxylic acids is 1. The van der Waals surface area contributed by atoms with E-state index in [2.05, 4.69) is 20.3 Å². The Kier molecular flexibility index (Phi) is 5.09. The standard InChI is InChI=1S/C26H19ClFN7O2/c1-26(14-5-6-16(27)19(36)11-14)20-21(29)32-22(33-23(20)34-25(26)37)18-12-35-8-7-30-24(35)17(31-18)10-13-3-2-4-15(28)9-13/h2-9,11-12,36H,10H2,1H3,(H3,29,32,33,34,37)/t26-/m0/s1. The predicted octanol–water partition coefficient (Wildman–Crippen LogP) is 4.12. The zero-order valence-corrected chi connectivity index (χ0v) is 20.2. The fourth-order valence-corrected chi connectivity index (χ4v) is 4.80. The van der Waals surface area contributed by atoms with Crippen molar-refractivity contribution in [1.29, 1.82) is 0 Å². The first kappa shape index (κ1) is 22.9. The molecule has 5 aromatic rings. The Morgan fingerprint density at radius 3 is 2.81 bits per heavy atom. The third-order valence-electron chi connectivity index (χ3n) is 6.58. The van der Waals surface area contributed by atoms with Gasteiger partial charge in [0.2, 0.25) is 5.91 Å². The van der Waals surface area contributed by atoms with Crippen molar-refractivity contribution < 1.29 is 14.3 Å². The molecule has 4 heterocycles. The average molecular weight is 516 g/mol. The Labute approximate surface area is 214 Å². The van der Waals surface area contributed by atoms with Crippen molar-refractivity contribution >= 4 is 34.8 Å². The molecule has 1 aliphatic heterocycles. The number of aromatic nitrogens is 5. The third-order valence-corrected chi connectivity index (χ3v) is 6.90. The van der Waals surface area contributed by atoms with Crippen molar-refractivity contribution in [3.63, 3.8) is 0 Å². The molecule has 0 aliphatic carbocycles. The Morgan fingerprint density at radius 2 is 2.03 bits per heavy atom. The van der Waals surface area contributed by atoms with Crippen LogP contribution in [0.5, 0.6) is 5.75 Å². The van der Waals surface area contributed by atoms with E-state index in [4.69, 9.17) is 22.3 Å². The molecule has 2 aromatic carbocycles. The molecule has 0 saturated carbocycles. The minimum Gasteiger partial charge on any atom is -0.506 e. The van der Waals surface area contributed by atoms with Crippen molar-refractivity contribution in [2.24, 2.45) is 0 Å². The van der Waals surface area contributed by atoms with E-state index in [9.17, 15) is 14.3 Å². The number of phenols is 1. The number of nitrogens with one attached hydrogen (secondary N) is 1. The number of rotatable bonds is 4. The van der Waals surface area contributed by atoms with E-state index in [1.807, 2.05) is 6.07 Å². The number of fused-ring (bicyclic) bond motifs is 2. The predicted molar refractivity (Wildman–Crippen MR) is 136 cm³/mol. The molecule has 0 unspecified atom stereocenters. The number of hydrogen-bond acceptors (Lipinski definition) is 7. The van der Waals surface area contributed by atoms with E-state index < -0.39 is 5.41 Å². The van der Waals surface area contributed by atoms with Gasteiger partial charge in [-0.15, -0.1) is 0 Å². The second-order valence-electron chi connectivity index (χ2n) is 8.94. The highest BCUT2D eigenvalue weighted by Gasteiger charge is 2.47. The molecule has 0 fully saturated rings. The van der Waals surface area contributed by atoms with Crippen molar-refractivity contribution in [3.05, 3.63) is 94.3 Å². The lowest BCUT2D eigenvalue weighted by molar-refractivity contribution is -0.119. The van der Waals surface area contributed by atoms with Crippen LogP contribution < -0.4 is 11.1 Å². The Bertz CT molecular complexity index is 1740. The lowest BCUT2D eigenvalue weighted by Crippen LogP contribution is -2.32. The van der Waals surface area contributed by atoms with Gasteiger partial charge in [-0.2, -0.15) is 0 Å². The lowest BCUT2D eigenvalue weighted by atomic mass is 9.77. The van der Waals surface area contributed by atoms with Gasteiger partial charge in [0, 0.05) is 25.0 Å². The number of amides is 1. The molecule has 0 bridgehead atoms. The summed E-state index contributed by atoms with van der Waals surface area (Å²) >= 11 is 5.96. The molecular formula is C26H19ClFN7O2. The SMILES string of the molecule is C[C@@]1(c2ccc(Cl)c(O)c2)C(=O)Nc2nc(-c3cn4ccnc4c(Cc4cccc(F)c4)n3)nc(N)c21. The summed E-state index contributed by atoms with van der Waals surface area (Å²) in [6, 6.07) is 10.9. The summed E-state index contributed by atoms with van der Waals surface area (Å²) in [5, 5.41) is 13.1. The highest BCUT2D eigenvalue weighted by molar-refractivity contribution is 6.32. The molecule has 184 valence electrons.